The third kappa shape index (κ3) is 3.41. The number of hydrogen-bond acceptors (Lipinski definition) is 4. The normalized spacial score (nSPS) is 18.2. The van der Waals surface area contributed by atoms with Gasteiger partial charge in [0.1, 0.15) is 17.3 Å². The first-order valence-electron chi connectivity index (χ1n) is 9.50. The third-order valence-corrected chi connectivity index (χ3v) is 5.28. The highest BCUT2D eigenvalue weighted by atomic mass is 19.1. The molecule has 6 heteroatoms. The molecule has 1 fully saturated rings. The predicted octanol–water partition coefficient (Wildman–Crippen LogP) is 4.66. The maximum Gasteiger partial charge on any atom is 0.296 e. The number of amides is 1. The van der Waals surface area contributed by atoms with Crippen LogP contribution in [0.3, 0.4) is 0 Å². The van der Waals surface area contributed by atoms with Gasteiger partial charge in [0.15, 0.2) is 0 Å². The summed E-state index contributed by atoms with van der Waals surface area (Å²) in [6.45, 7) is 3.60. The number of carbonyl (C=O) groups excluding carboxylic acids is 2. The summed E-state index contributed by atoms with van der Waals surface area (Å²) in [5, 5.41) is 10.9. The zero-order valence-electron chi connectivity index (χ0n) is 16.6. The van der Waals surface area contributed by atoms with Crippen LogP contribution in [0.25, 0.3) is 5.76 Å². The maximum atomic E-state index is 14.1. The topological polar surface area (TPSA) is 70.8 Å². The van der Waals surface area contributed by atoms with Crippen LogP contribution in [0.5, 0.6) is 0 Å². The first-order valence-corrected chi connectivity index (χ1v) is 9.50. The van der Waals surface area contributed by atoms with E-state index in [0.29, 0.717) is 16.9 Å². The van der Waals surface area contributed by atoms with Gasteiger partial charge in [-0.1, -0.05) is 42.0 Å². The fraction of sp³-hybridized carbons (Fsp3) is 0.167. The molecule has 5 nitrogen and oxygen atoms in total. The van der Waals surface area contributed by atoms with Gasteiger partial charge in [-0.3, -0.25) is 9.59 Å². The number of aryl methyl sites for hydroxylation is 2. The number of hydrogen-bond donors (Lipinski definition) is 1. The molecule has 3 aromatic rings. The summed E-state index contributed by atoms with van der Waals surface area (Å²) in [4.78, 5) is 27.2. The Hall–Kier alpha value is -3.67. The number of carbonyl (C=O) groups is 2. The molecule has 1 saturated heterocycles. The average Bonchev–Trinajstić information content (AvgIpc) is 3.33. The number of Topliss-reactive ketones (excluding diaryl/α,β-unsaturated/α-hetero) is 1. The molecule has 152 valence electrons. The van der Waals surface area contributed by atoms with Crippen LogP contribution in [0.4, 0.5) is 4.39 Å². The van der Waals surface area contributed by atoms with E-state index in [1.807, 2.05) is 31.2 Å². The molecule has 2 heterocycles. The van der Waals surface area contributed by atoms with Gasteiger partial charge in [0.2, 0.25) is 0 Å². The Kier molecular flexibility index (Phi) is 4.99. The minimum absolute atomic E-state index is 0.0646. The van der Waals surface area contributed by atoms with E-state index in [0.717, 1.165) is 11.6 Å². The lowest BCUT2D eigenvalue weighted by molar-refractivity contribution is -0.140. The van der Waals surface area contributed by atoms with Crippen molar-refractivity contribution in [3.63, 3.8) is 0 Å². The second-order valence-electron chi connectivity index (χ2n) is 7.38. The molecule has 0 spiro atoms. The SMILES string of the molecule is Cc1ccc(C2/C(=C(\O)c3ccc(C)c(F)c3)C(=O)C(=O)N2Cc2ccco2)cc1. The van der Waals surface area contributed by atoms with Crippen LogP contribution in [0.15, 0.2) is 70.9 Å². The second kappa shape index (κ2) is 7.63. The highest BCUT2D eigenvalue weighted by Crippen LogP contribution is 2.40. The predicted molar refractivity (Wildman–Crippen MR) is 109 cm³/mol. The van der Waals surface area contributed by atoms with E-state index >= 15 is 0 Å². The van der Waals surface area contributed by atoms with Gasteiger partial charge < -0.3 is 14.4 Å². The fourth-order valence-corrected chi connectivity index (χ4v) is 3.60. The van der Waals surface area contributed by atoms with E-state index < -0.39 is 29.3 Å². The van der Waals surface area contributed by atoms with E-state index in [-0.39, 0.29) is 17.7 Å². The molecule has 1 unspecified atom stereocenters. The van der Waals surface area contributed by atoms with E-state index in [9.17, 15) is 19.1 Å². The van der Waals surface area contributed by atoms with Crippen LogP contribution < -0.4 is 0 Å². The summed E-state index contributed by atoms with van der Waals surface area (Å²) in [6, 6.07) is 14.2. The molecule has 0 bridgehead atoms. The van der Waals surface area contributed by atoms with Crippen molar-refractivity contribution in [2.45, 2.75) is 26.4 Å². The average molecular weight is 405 g/mol. The number of halogens is 1. The summed E-state index contributed by atoms with van der Waals surface area (Å²) < 4.78 is 19.4. The lowest BCUT2D eigenvalue weighted by Gasteiger charge is -2.24. The Morgan fingerprint density at radius 2 is 1.83 bits per heavy atom. The first kappa shape index (κ1) is 19.6. The van der Waals surface area contributed by atoms with Crippen LogP contribution in [-0.2, 0) is 16.1 Å². The number of likely N-dealkylation sites (tertiary alicyclic amines) is 1. The van der Waals surface area contributed by atoms with Crippen molar-refractivity contribution in [1.29, 1.82) is 0 Å². The number of aliphatic hydroxyl groups is 1. The minimum Gasteiger partial charge on any atom is -0.507 e. The van der Waals surface area contributed by atoms with Crippen molar-refractivity contribution < 1.29 is 23.5 Å². The zero-order chi connectivity index (χ0) is 21.4. The number of aliphatic hydroxyl groups excluding tert-OH is 1. The molecule has 2 aromatic carbocycles. The number of benzene rings is 2. The summed E-state index contributed by atoms with van der Waals surface area (Å²) in [6.07, 6.45) is 1.49. The van der Waals surface area contributed by atoms with Gasteiger partial charge >= 0.3 is 0 Å². The van der Waals surface area contributed by atoms with Gasteiger partial charge in [-0.05, 0) is 43.2 Å². The number of ketones is 1. The number of furan rings is 1. The minimum atomic E-state index is -0.819. The van der Waals surface area contributed by atoms with Crippen molar-refractivity contribution in [1.82, 2.24) is 4.90 Å². The molecular formula is C24H20FNO4. The molecule has 30 heavy (non-hydrogen) atoms. The number of rotatable bonds is 4. The Balaban J connectivity index is 1.87. The quantitative estimate of drug-likeness (QED) is 0.389. The van der Waals surface area contributed by atoms with Crippen LogP contribution in [0, 0.1) is 19.7 Å². The molecule has 0 saturated carbocycles. The Morgan fingerprint density at radius 3 is 2.47 bits per heavy atom. The highest BCUT2D eigenvalue weighted by Gasteiger charge is 2.46. The molecule has 1 aromatic heterocycles. The summed E-state index contributed by atoms with van der Waals surface area (Å²) in [7, 11) is 0. The second-order valence-corrected chi connectivity index (χ2v) is 7.38. The van der Waals surface area contributed by atoms with Gasteiger partial charge in [-0.2, -0.15) is 0 Å². The first-order chi connectivity index (χ1) is 14.4. The van der Waals surface area contributed by atoms with Crippen LogP contribution >= 0.6 is 0 Å². The van der Waals surface area contributed by atoms with Crippen LogP contribution in [-0.4, -0.2) is 21.7 Å². The van der Waals surface area contributed by atoms with Gasteiger partial charge in [0, 0.05) is 5.56 Å². The van der Waals surface area contributed by atoms with E-state index in [1.165, 1.54) is 23.3 Å². The van der Waals surface area contributed by atoms with Gasteiger partial charge in [-0.25, -0.2) is 4.39 Å². The van der Waals surface area contributed by atoms with Gasteiger partial charge in [0.25, 0.3) is 11.7 Å². The molecule has 0 aliphatic carbocycles. The van der Waals surface area contributed by atoms with Crippen LogP contribution in [0.2, 0.25) is 0 Å². The van der Waals surface area contributed by atoms with Crippen molar-refractivity contribution in [2.75, 3.05) is 0 Å². The van der Waals surface area contributed by atoms with E-state index in [1.54, 1.807) is 19.1 Å². The van der Waals surface area contributed by atoms with Gasteiger partial charge in [0.05, 0.1) is 24.4 Å². The van der Waals surface area contributed by atoms with E-state index in [2.05, 4.69) is 0 Å². The highest BCUT2D eigenvalue weighted by molar-refractivity contribution is 6.46. The smallest absolute Gasteiger partial charge is 0.296 e. The Morgan fingerprint density at radius 1 is 1.10 bits per heavy atom. The summed E-state index contributed by atoms with van der Waals surface area (Å²) in [5.41, 5.74) is 2.17. The molecule has 1 amide bonds. The Bertz CT molecular complexity index is 1150. The van der Waals surface area contributed by atoms with E-state index in [4.69, 9.17) is 4.42 Å². The molecule has 1 aliphatic heterocycles. The number of nitrogens with zero attached hydrogens (tertiary/aromatic N) is 1. The standard InChI is InChI=1S/C24H20FNO4/c1-14-5-8-16(9-6-14)21-20(22(27)17-10-7-15(2)19(25)12-17)23(28)24(29)26(21)13-18-4-3-11-30-18/h3-12,21,27H,13H2,1-2H3/b22-20+. The monoisotopic (exact) mass is 405 g/mol. The molecule has 4 rings (SSSR count). The van der Waals surface area contributed by atoms with Crippen molar-refractivity contribution >= 4 is 17.4 Å². The molecule has 1 N–H and O–H groups in total. The summed E-state index contributed by atoms with van der Waals surface area (Å²) in [5.74, 6) is -1.96. The molecule has 0 radical (unpaired) electrons. The van der Waals surface area contributed by atoms with Gasteiger partial charge in [-0.15, -0.1) is 0 Å². The lowest BCUT2D eigenvalue weighted by atomic mass is 9.94. The zero-order valence-corrected chi connectivity index (χ0v) is 16.6. The fourth-order valence-electron chi connectivity index (χ4n) is 3.60. The van der Waals surface area contributed by atoms with Crippen LogP contribution in [0.1, 0.15) is 34.1 Å². The molecule has 1 atom stereocenters. The summed E-state index contributed by atoms with van der Waals surface area (Å²) >= 11 is 0. The Labute approximate surface area is 173 Å². The van der Waals surface area contributed by atoms with Crippen molar-refractivity contribution in [3.8, 4) is 0 Å². The van der Waals surface area contributed by atoms with Crippen molar-refractivity contribution in [2.24, 2.45) is 0 Å². The maximum absolute atomic E-state index is 14.1. The molecular weight excluding hydrogens is 385 g/mol. The largest absolute Gasteiger partial charge is 0.507 e. The van der Waals surface area contributed by atoms with Crippen molar-refractivity contribution in [3.05, 3.63) is 100 Å². The lowest BCUT2D eigenvalue weighted by Crippen LogP contribution is -2.29. The molecule has 1 aliphatic rings. The third-order valence-electron chi connectivity index (χ3n) is 5.28.